The first kappa shape index (κ1) is 16.3. The summed E-state index contributed by atoms with van der Waals surface area (Å²) in [7, 11) is 0. The van der Waals surface area contributed by atoms with E-state index in [2.05, 4.69) is 67.4 Å². The van der Waals surface area contributed by atoms with Gasteiger partial charge in [0.1, 0.15) is 10.6 Å². The number of hydrogen-bond acceptors (Lipinski definition) is 4. The van der Waals surface area contributed by atoms with Crippen LogP contribution in [-0.4, -0.2) is 22.6 Å². The van der Waals surface area contributed by atoms with Gasteiger partial charge in [0.15, 0.2) is 0 Å². The third-order valence-electron chi connectivity index (χ3n) is 4.62. The zero-order valence-corrected chi connectivity index (χ0v) is 16.5. The molecule has 4 rings (SSSR count). The molecule has 0 N–H and O–H groups in total. The Kier molecular flexibility index (Phi) is 4.50. The monoisotopic (exact) mass is 421 g/mol. The molecule has 124 valence electrons. The maximum Gasteiger partial charge on any atom is 0.225 e. The summed E-state index contributed by atoms with van der Waals surface area (Å²) in [6, 6.07) is 8.87. The van der Waals surface area contributed by atoms with Crippen LogP contribution in [0.2, 0.25) is 5.28 Å². The van der Waals surface area contributed by atoms with Crippen molar-refractivity contribution in [3.63, 3.8) is 0 Å². The highest BCUT2D eigenvalue weighted by atomic mass is 79.9. The molecule has 3 heterocycles. The van der Waals surface area contributed by atoms with Crippen LogP contribution in [0.25, 0.3) is 21.3 Å². The third-order valence-corrected chi connectivity index (χ3v) is 6.19. The summed E-state index contributed by atoms with van der Waals surface area (Å²) in [6.07, 6.45) is 3.68. The maximum absolute atomic E-state index is 6.22. The Hall–Kier alpha value is -1.17. The van der Waals surface area contributed by atoms with Crippen LogP contribution in [-0.2, 0) is 0 Å². The smallest absolute Gasteiger partial charge is 0.225 e. The number of nitrogens with zero attached hydrogens (tertiary/aromatic N) is 3. The predicted octanol–water partition coefficient (Wildman–Crippen LogP) is 6.15. The van der Waals surface area contributed by atoms with Crippen LogP contribution in [0.1, 0.15) is 26.2 Å². The van der Waals surface area contributed by atoms with Gasteiger partial charge < -0.3 is 4.90 Å². The van der Waals surface area contributed by atoms with Gasteiger partial charge in [-0.15, -0.1) is 11.3 Å². The van der Waals surface area contributed by atoms with Gasteiger partial charge in [-0.2, -0.15) is 4.98 Å². The molecule has 0 radical (unpaired) electrons. The van der Waals surface area contributed by atoms with Crippen molar-refractivity contribution in [2.75, 3.05) is 11.4 Å². The molecule has 1 aliphatic rings. The quantitative estimate of drug-likeness (QED) is 0.464. The number of fused-ring (bicyclic) bond motifs is 1. The van der Waals surface area contributed by atoms with Crippen LogP contribution in [0.3, 0.4) is 0 Å². The van der Waals surface area contributed by atoms with Crippen molar-refractivity contribution >= 4 is 54.9 Å². The van der Waals surface area contributed by atoms with Crippen LogP contribution >= 0.6 is 38.9 Å². The van der Waals surface area contributed by atoms with Crippen molar-refractivity contribution in [1.82, 2.24) is 9.97 Å². The van der Waals surface area contributed by atoms with Crippen LogP contribution in [0.5, 0.6) is 0 Å². The second-order valence-corrected chi connectivity index (χ2v) is 8.30. The molecule has 0 aliphatic carbocycles. The third kappa shape index (κ3) is 2.93. The normalized spacial score (nSPS) is 18.3. The van der Waals surface area contributed by atoms with Crippen LogP contribution < -0.4 is 4.90 Å². The molecule has 1 aromatic carbocycles. The molecular formula is C18H17BrClN3S. The largest absolute Gasteiger partial charge is 0.353 e. The molecular weight excluding hydrogens is 406 g/mol. The van der Waals surface area contributed by atoms with Gasteiger partial charge in [0.2, 0.25) is 5.28 Å². The van der Waals surface area contributed by atoms with E-state index in [4.69, 9.17) is 11.6 Å². The molecule has 1 saturated heterocycles. The Morgan fingerprint density at radius 3 is 2.75 bits per heavy atom. The molecule has 1 aliphatic heterocycles. The fourth-order valence-electron chi connectivity index (χ4n) is 3.36. The highest BCUT2D eigenvalue weighted by molar-refractivity contribution is 9.10. The SMILES string of the molecule is CC1CCCCN1c1nc(Cl)nc2scc(-c3ccc(Br)cc3)c12. The summed E-state index contributed by atoms with van der Waals surface area (Å²) in [5.41, 5.74) is 2.37. The van der Waals surface area contributed by atoms with Gasteiger partial charge in [-0.3, -0.25) is 0 Å². The van der Waals surface area contributed by atoms with Gasteiger partial charge >= 0.3 is 0 Å². The predicted molar refractivity (Wildman–Crippen MR) is 106 cm³/mol. The van der Waals surface area contributed by atoms with Gasteiger partial charge in [-0.05, 0) is 55.5 Å². The van der Waals surface area contributed by atoms with E-state index in [0.717, 1.165) is 27.1 Å². The van der Waals surface area contributed by atoms with Crippen molar-refractivity contribution in [2.45, 2.75) is 32.2 Å². The van der Waals surface area contributed by atoms with Crippen molar-refractivity contribution in [1.29, 1.82) is 0 Å². The van der Waals surface area contributed by atoms with Crippen LogP contribution in [0, 0.1) is 0 Å². The average molecular weight is 423 g/mol. The zero-order valence-electron chi connectivity index (χ0n) is 13.3. The molecule has 24 heavy (non-hydrogen) atoms. The summed E-state index contributed by atoms with van der Waals surface area (Å²) in [4.78, 5) is 12.4. The van der Waals surface area contributed by atoms with E-state index in [9.17, 15) is 0 Å². The summed E-state index contributed by atoms with van der Waals surface area (Å²) in [6.45, 7) is 3.30. The Labute approximate surface area is 158 Å². The Morgan fingerprint density at radius 1 is 1.21 bits per heavy atom. The molecule has 2 aromatic heterocycles. The summed E-state index contributed by atoms with van der Waals surface area (Å²) in [5.74, 6) is 0.983. The number of thiophene rings is 1. The number of piperidine rings is 1. The van der Waals surface area contributed by atoms with Crippen molar-refractivity contribution in [3.8, 4) is 11.1 Å². The van der Waals surface area contributed by atoms with Gasteiger partial charge in [0, 0.05) is 28.0 Å². The molecule has 0 amide bonds. The topological polar surface area (TPSA) is 29.0 Å². The lowest BCUT2D eigenvalue weighted by Gasteiger charge is -2.35. The lowest BCUT2D eigenvalue weighted by molar-refractivity contribution is 0.482. The average Bonchev–Trinajstić information content (AvgIpc) is 2.99. The van der Waals surface area contributed by atoms with E-state index in [1.807, 2.05) is 0 Å². The highest BCUT2D eigenvalue weighted by Gasteiger charge is 2.25. The van der Waals surface area contributed by atoms with E-state index in [-0.39, 0.29) is 0 Å². The van der Waals surface area contributed by atoms with E-state index in [1.54, 1.807) is 11.3 Å². The molecule has 3 nitrogen and oxygen atoms in total. The van der Waals surface area contributed by atoms with E-state index < -0.39 is 0 Å². The molecule has 0 bridgehead atoms. The molecule has 1 unspecified atom stereocenters. The molecule has 0 saturated carbocycles. The van der Waals surface area contributed by atoms with Gasteiger partial charge in [-0.25, -0.2) is 4.98 Å². The summed E-state index contributed by atoms with van der Waals surface area (Å²) < 4.78 is 1.08. The Morgan fingerprint density at radius 2 is 2.00 bits per heavy atom. The Balaban J connectivity index is 1.92. The Bertz CT molecular complexity index is 878. The highest BCUT2D eigenvalue weighted by Crippen LogP contribution is 2.40. The molecule has 0 spiro atoms. The number of hydrogen-bond donors (Lipinski definition) is 0. The van der Waals surface area contributed by atoms with Crippen molar-refractivity contribution in [2.24, 2.45) is 0 Å². The van der Waals surface area contributed by atoms with Crippen molar-refractivity contribution in [3.05, 3.63) is 39.4 Å². The second-order valence-electron chi connectivity index (χ2n) is 6.19. The first-order valence-electron chi connectivity index (χ1n) is 8.11. The fourth-order valence-corrected chi connectivity index (χ4v) is 4.78. The molecule has 3 aromatic rings. The number of aromatic nitrogens is 2. The van der Waals surface area contributed by atoms with Gasteiger partial charge in [0.25, 0.3) is 0 Å². The summed E-state index contributed by atoms with van der Waals surface area (Å²) in [5, 5.41) is 3.62. The van der Waals surface area contributed by atoms with Crippen LogP contribution in [0.15, 0.2) is 34.1 Å². The number of benzene rings is 1. The van der Waals surface area contributed by atoms with Crippen molar-refractivity contribution < 1.29 is 0 Å². The van der Waals surface area contributed by atoms with Gasteiger partial charge in [-0.1, -0.05) is 28.1 Å². The molecule has 6 heteroatoms. The standard InChI is InChI=1S/C18H17BrClN3S/c1-11-4-2-3-9-23(11)16-15-14(12-5-7-13(19)8-6-12)10-24-17(15)22-18(20)21-16/h5-8,10-11H,2-4,9H2,1H3. The van der Waals surface area contributed by atoms with E-state index in [0.29, 0.717) is 11.3 Å². The maximum atomic E-state index is 6.22. The molecule has 1 fully saturated rings. The first-order valence-corrected chi connectivity index (χ1v) is 10.2. The van der Waals surface area contributed by atoms with Gasteiger partial charge in [0.05, 0.1) is 5.39 Å². The summed E-state index contributed by atoms with van der Waals surface area (Å²) >= 11 is 11.4. The van der Waals surface area contributed by atoms with E-state index >= 15 is 0 Å². The second kappa shape index (κ2) is 6.62. The lowest BCUT2D eigenvalue weighted by atomic mass is 10.0. The fraction of sp³-hybridized carbons (Fsp3) is 0.333. The minimum absolute atomic E-state index is 0.333. The number of halogens is 2. The minimum atomic E-state index is 0.333. The zero-order chi connectivity index (χ0) is 16.7. The number of rotatable bonds is 2. The number of anilines is 1. The minimum Gasteiger partial charge on any atom is -0.353 e. The van der Waals surface area contributed by atoms with Crippen LogP contribution in [0.4, 0.5) is 5.82 Å². The van der Waals surface area contributed by atoms with E-state index in [1.165, 1.54) is 30.4 Å². The molecule has 1 atom stereocenters. The lowest BCUT2D eigenvalue weighted by Crippen LogP contribution is -2.38. The first-order chi connectivity index (χ1) is 11.6.